The van der Waals surface area contributed by atoms with Crippen LogP contribution in [0.1, 0.15) is 63.3 Å². The van der Waals surface area contributed by atoms with Gasteiger partial charge in [0.2, 0.25) is 5.91 Å². The molecule has 1 aliphatic rings. The van der Waals surface area contributed by atoms with Crippen molar-refractivity contribution in [1.29, 1.82) is 0 Å². The fraction of sp³-hybridized carbons (Fsp3) is 0.517. The fourth-order valence-electron chi connectivity index (χ4n) is 4.94. The first-order chi connectivity index (χ1) is 17.4. The van der Waals surface area contributed by atoms with E-state index < -0.39 is 35.3 Å². The van der Waals surface area contributed by atoms with Crippen LogP contribution in [-0.4, -0.2) is 70.4 Å². The zero-order chi connectivity index (χ0) is 27.4. The van der Waals surface area contributed by atoms with Gasteiger partial charge in [0.1, 0.15) is 23.5 Å². The summed E-state index contributed by atoms with van der Waals surface area (Å²) in [4.78, 5) is 29.0. The molecule has 2 aromatic carbocycles. The van der Waals surface area contributed by atoms with Crippen LogP contribution in [0.5, 0.6) is 5.75 Å². The number of carbonyl (C=O) groups excluding carboxylic acids is 1. The molecule has 0 aliphatic carbocycles. The van der Waals surface area contributed by atoms with Crippen LogP contribution in [0.3, 0.4) is 0 Å². The Hall–Kier alpha value is -3.10. The molecule has 2 amide bonds. The van der Waals surface area contributed by atoms with Crippen LogP contribution in [0.15, 0.2) is 48.5 Å². The quantitative estimate of drug-likeness (QED) is 0.446. The number of likely N-dealkylation sites (tertiary alicyclic amines) is 1. The lowest BCUT2D eigenvalue weighted by atomic mass is 9.82. The molecule has 0 spiro atoms. The van der Waals surface area contributed by atoms with E-state index in [-0.39, 0.29) is 13.1 Å². The summed E-state index contributed by atoms with van der Waals surface area (Å²) < 4.78 is 11.6. The van der Waals surface area contributed by atoms with Gasteiger partial charge in [-0.05, 0) is 62.9 Å². The Morgan fingerprint density at radius 1 is 1.11 bits per heavy atom. The molecule has 0 radical (unpaired) electrons. The summed E-state index contributed by atoms with van der Waals surface area (Å²) in [5.41, 5.74) is 0.923. The van der Waals surface area contributed by atoms with Crippen molar-refractivity contribution in [1.82, 2.24) is 9.80 Å². The summed E-state index contributed by atoms with van der Waals surface area (Å²) in [5, 5.41) is 21.5. The third-order valence-electron chi connectivity index (χ3n) is 6.93. The number of aliphatic hydroxyl groups is 1. The first-order valence-corrected chi connectivity index (χ1v) is 12.8. The number of hydrogen-bond donors (Lipinski definition) is 2. The van der Waals surface area contributed by atoms with E-state index in [4.69, 9.17) is 9.47 Å². The van der Waals surface area contributed by atoms with E-state index in [0.717, 1.165) is 28.9 Å². The van der Waals surface area contributed by atoms with Crippen molar-refractivity contribution < 1.29 is 29.3 Å². The maximum absolute atomic E-state index is 14.0. The van der Waals surface area contributed by atoms with E-state index in [1.165, 1.54) is 7.11 Å². The van der Waals surface area contributed by atoms with Gasteiger partial charge in [-0.3, -0.25) is 9.69 Å². The third kappa shape index (κ3) is 6.08. The molecule has 8 heteroatoms. The van der Waals surface area contributed by atoms with Gasteiger partial charge in [-0.15, -0.1) is 0 Å². The molecule has 0 bridgehead atoms. The molecule has 2 unspecified atom stereocenters. The number of carbonyl (C=O) groups is 2. The number of aliphatic hydroxyl groups excluding tert-OH is 1. The number of unbranched alkanes of at least 4 members (excludes halogenated alkanes) is 1. The summed E-state index contributed by atoms with van der Waals surface area (Å²) >= 11 is 0. The van der Waals surface area contributed by atoms with Crippen LogP contribution in [0.25, 0.3) is 0 Å². The van der Waals surface area contributed by atoms with Gasteiger partial charge in [-0.1, -0.05) is 49.7 Å². The van der Waals surface area contributed by atoms with Gasteiger partial charge in [0.05, 0.1) is 20.2 Å². The maximum atomic E-state index is 14.0. The maximum Gasteiger partial charge on any atom is 0.408 e. The smallest absolute Gasteiger partial charge is 0.408 e. The molecular weight excluding hydrogens is 472 g/mol. The number of nitrogens with zero attached hydrogens (tertiary/aromatic N) is 2. The number of hydrogen-bond acceptors (Lipinski definition) is 5. The highest BCUT2D eigenvalue weighted by Gasteiger charge is 2.52. The average molecular weight is 513 g/mol. The van der Waals surface area contributed by atoms with Gasteiger partial charge < -0.3 is 24.6 Å². The zero-order valence-corrected chi connectivity index (χ0v) is 22.7. The van der Waals surface area contributed by atoms with Gasteiger partial charge in [-0.2, -0.15) is 0 Å². The second-order valence-electron chi connectivity index (χ2n) is 10.7. The van der Waals surface area contributed by atoms with E-state index in [1.807, 2.05) is 31.2 Å². The fourth-order valence-corrected chi connectivity index (χ4v) is 4.94. The van der Waals surface area contributed by atoms with Crippen molar-refractivity contribution in [3.05, 3.63) is 65.2 Å². The molecular formula is C29H40N2O6. The Morgan fingerprint density at radius 2 is 1.73 bits per heavy atom. The number of aryl methyl sites for hydroxylation is 1. The van der Waals surface area contributed by atoms with Gasteiger partial charge in [0.15, 0.2) is 0 Å². The molecule has 37 heavy (non-hydrogen) atoms. The summed E-state index contributed by atoms with van der Waals surface area (Å²) in [7, 11) is 1.54. The first-order valence-electron chi connectivity index (χ1n) is 12.8. The Morgan fingerprint density at radius 3 is 2.24 bits per heavy atom. The predicted octanol–water partition coefficient (Wildman–Crippen LogP) is 4.74. The topological polar surface area (TPSA) is 99.5 Å². The standard InChI is InChI=1S/C29H40N2O6/c1-7-8-17-37-29(23-12-10-9-11-20(23)2)18-30(19-29)26(33)24(31(27(34)35)28(3,4)5)25(32)21-13-15-22(36-6)16-14-21/h9-16,24-25,32H,7-8,17-19H2,1-6H3,(H,34,35). The number of benzene rings is 2. The molecule has 0 aromatic heterocycles. The highest BCUT2D eigenvalue weighted by atomic mass is 16.5. The summed E-state index contributed by atoms with van der Waals surface area (Å²) in [6.45, 7) is 10.4. The average Bonchev–Trinajstić information content (AvgIpc) is 2.82. The lowest BCUT2D eigenvalue weighted by Gasteiger charge is -2.53. The Kier molecular flexibility index (Phi) is 8.87. The summed E-state index contributed by atoms with van der Waals surface area (Å²) in [5.74, 6) is 0.142. The molecule has 3 rings (SSSR count). The van der Waals surface area contributed by atoms with Crippen molar-refractivity contribution in [2.75, 3.05) is 26.8 Å². The van der Waals surface area contributed by atoms with Crippen LogP contribution in [0, 0.1) is 6.92 Å². The van der Waals surface area contributed by atoms with E-state index in [9.17, 15) is 19.8 Å². The minimum atomic E-state index is -1.37. The molecule has 1 saturated heterocycles. The largest absolute Gasteiger partial charge is 0.497 e. The minimum absolute atomic E-state index is 0.282. The highest BCUT2D eigenvalue weighted by Crippen LogP contribution is 2.40. The van der Waals surface area contributed by atoms with E-state index in [1.54, 1.807) is 49.9 Å². The molecule has 2 N–H and O–H groups in total. The van der Waals surface area contributed by atoms with Gasteiger partial charge in [0.25, 0.3) is 0 Å². The predicted molar refractivity (Wildman–Crippen MR) is 142 cm³/mol. The first kappa shape index (κ1) is 28.5. The van der Waals surface area contributed by atoms with Crippen molar-refractivity contribution in [3.63, 3.8) is 0 Å². The van der Waals surface area contributed by atoms with Crippen LogP contribution in [0.2, 0.25) is 0 Å². The van der Waals surface area contributed by atoms with Crippen LogP contribution in [0.4, 0.5) is 4.79 Å². The summed E-state index contributed by atoms with van der Waals surface area (Å²) in [6.07, 6.45) is -0.759. The lowest BCUT2D eigenvalue weighted by Crippen LogP contribution is -2.68. The highest BCUT2D eigenvalue weighted by molar-refractivity contribution is 5.87. The van der Waals surface area contributed by atoms with Gasteiger partial charge in [-0.25, -0.2) is 4.79 Å². The molecule has 8 nitrogen and oxygen atoms in total. The van der Waals surface area contributed by atoms with Crippen molar-refractivity contribution >= 4 is 12.0 Å². The van der Waals surface area contributed by atoms with Crippen LogP contribution in [-0.2, 0) is 15.1 Å². The van der Waals surface area contributed by atoms with Crippen molar-refractivity contribution in [3.8, 4) is 5.75 Å². The zero-order valence-electron chi connectivity index (χ0n) is 22.7. The molecule has 2 atom stereocenters. The van der Waals surface area contributed by atoms with E-state index in [2.05, 4.69) is 6.92 Å². The number of ether oxygens (including phenoxy) is 2. The van der Waals surface area contributed by atoms with Gasteiger partial charge >= 0.3 is 6.09 Å². The van der Waals surface area contributed by atoms with Gasteiger partial charge in [0, 0.05) is 12.1 Å². The number of methoxy groups -OCH3 is 1. The van der Waals surface area contributed by atoms with E-state index in [0.29, 0.717) is 17.9 Å². The monoisotopic (exact) mass is 512 g/mol. The lowest BCUT2D eigenvalue weighted by molar-refractivity contribution is -0.181. The number of rotatable bonds is 10. The second kappa shape index (κ2) is 11.5. The molecule has 1 aliphatic heterocycles. The van der Waals surface area contributed by atoms with Crippen molar-refractivity contribution in [2.24, 2.45) is 0 Å². The minimum Gasteiger partial charge on any atom is -0.497 e. The number of carboxylic acid groups (broad SMARTS) is 1. The Labute approximate surface area is 219 Å². The number of amides is 2. The SMILES string of the molecule is CCCCOC1(c2ccccc2C)CN(C(=O)C(C(O)c2ccc(OC)cc2)N(C(=O)O)C(C)(C)C)C1. The Bertz CT molecular complexity index is 1070. The molecule has 1 heterocycles. The second-order valence-corrected chi connectivity index (χ2v) is 10.7. The molecule has 2 aromatic rings. The molecule has 0 saturated carbocycles. The Balaban J connectivity index is 1.95. The normalized spacial score (nSPS) is 16.5. The van der Waals surface area contributed by atoms with Crippen LogP contribution >= 0.6 is 0 Å². The molecule has 1 fully saturated rings. The summed E-state index contributed by atoms with van der Waals surface area (Å²) in [6, 6.07) is 13.3. The molecule has 202 valence electrons. The third-order valence-corrected chi connectivity index (χ3v) is 6.93. The van der Waals surface area contributed by atoms with Crippen LogP contribution < -0.4 is 4.74 Å². The van der Waals surface area contributed by atoms with E-state index >= 15 is 0 Å². The van der Waals surface area contributed by atoms with Crippen molar-refractivity contribution in [2.45, 2.75) is 70.7 Å².